The molecule has 2 saturated carbocycles. The molecule has 20 heavy (non-hydrogen) atoms. The Morgan fingerprint density at radius 1 is 1.10 bits per heavy atom. The van der Waals surface area contributed by atoms with E-state index in [0.29, 0.717) is 22.6 Å². The second kappa shape index (κ2) is 6.04. The summed E-state index contributed by atoms with van der Waals surface area (Å²) in [7, 11) is 0. The van der Waals surface area contributed by atoms with Crippen LogP contribution in [0.3, 0.4) is 0 Å². The Kier molecular flexibility index (Phi) is 4.15. The summed E-state index contributed by atoms with van der Waals surface area (Å²) in [6, 6.07) is 2.83. The molecular weight excluding hydrogens is 270 g/mol. The predicted octanol–water partition coefficient (Wildman–Crippen LogP) is 3.36. The lowest BCUT2D eigenvalue weighted by Gasteiger charge is -2.15. The van der Waals surface area contributed by atoms with Crippen LogP contribution < -0.4 is 16.4 Å². The van der Waals surface area contributed by atoms with Gasteiger partial charge in [-0.1, -0.05) is 25.7 Å². The molecular formula is C15H23N3OS. The average molecular weight is 293 g/mol. The maximum Gasteiger partial charge on any atom is 0.263 e. The monoisotopic (exact) mass is 293 g/mol. The summed E-state index contributed by atoms with van der Waals surface area (Å²) in [5.74, 6) is -0.0103. The molecule has 0 bridgehead atoms. The number of thiophene rings is 1. The van der Waals surface area contributed by atoms with Crippen molar-refractivity contribution in [3.63, 3.8) is 0 Å². The van der Waals surface area contributed by atoms with Gasteiger partial charge in [0.15, 0.2) is 0 Å². The molecule has 1 aromatic heterocycles. The molecule has 0 spiro atoms. The number of amides is 1. The maximum absolute atomic E-state index is 12.1. The summed E-state index contributed by atoms with van der Waals surface area (Å²) in [5, 5.41) is 7.60. The van der Waals surface area contributed by atoms with Gasteiger partial charge in [-0.3, -0.25) is 4.79 Å². The molecule has 2 fully saturated rings. The lowest BCUT2D eigenvalue weighted by Crippen LogP contribution is -2.25. The van der Waals surface area contributed by atoms with E-state index >= 15 is 0 Å². The number of carbonyl (C=O) groups excluding carboxylic acids is 1. The van der Waals surface area contributed by atoms with E-state index in [1.54, 1.807) is 0 Å². The van der Waals surface area contributed by atoms with E-state index < -0.39 is 0 Å². The van der Waals surface area contributed by atoms with Gasteiger partial charge in [-0.25, -0.2) is 0 Å². The van der Waals surface area contributed by atoms with Crippen LogP contribution in [0.2, 0.25) is 0 Å². The lowest BCUT2D eigenvalue weighted by atomic mass is 10.1. The van der Waals surface area contributed by atoms with Gasteiger partial charge in [0.2, 0.25) is 0 Å². The zero-order chi connectivity index (χ0) is 13.9. The van der Waals surface area contributed by atoms with Crippen LogP contribution in [0.4, 0.5) is 10.7 Å². The topological polar surface area (TPSA) is 67.1 Å². The van der Waals surface area contributed by atoms with Gasteiger partial charge in [-0.05, 0) is 31.7 Å². The van der Waals surface area contributed by atoms with Crippen LogP contribution in [0.5, 0.6) is 0 Å². The fraction of sp³-hybridized carbons (Fsp3) is 0.667. The van der Waals surface area contributed by atoms with Crippen molar-refractivity contribution in [2.45, 2.75) is 63.5 Å². The summed E-state index contributed by atoms with van der Waals surface area (Å²) in [5.41, 5.74) is 6.59. The molecule has 1 aromatic rings. The van der Waals surface area contributed by atoms with Crippen LogP contribution in [0.25, 0.3) is 0 Å². The van der Waals surface area contributed by atoms with Gasteiger partial charge >= 0.3 is 0 Å². The van der Waals surface area contributed by atoms with Crippen LogP contribution in [-0.4, -0.2) is 18.0 Å². The van der Waals surface area contributed by atoms with E-state index in [-0.39, 0.29) is 5.91 Å². The molecule has 110 valence electrons. The van der Waals surface area contributed by atoms with E-state index in [1.165, 1.54) is 49.9 Å². The molecule has 1 amide bonds. The van der Waals surface area contributed by atoms with Crippen LogP contribution >= 0.6 is 11.3 Å². The van der Waals surface area contributed by atoms with Crippen molar-refractivity contribution in [2.24, 2.45) is 0 Å². The lowest BCUT2D eigenvalue weighted by molar-refractivity contribution is 0.0956. The Morgan fingerprint density at radius 2 is 1.80 bits per heavy atom. The van der Waals surface area contributed by atoms with Gasteiger partial charge in [0.05, 0.1) is 10.7 Å². The molecule has 0 unspecified atom stereocenters. The van der Waals surface area contributed by atoms with Gasteiger partial charge in [-0.15, -0.1) is 11.3 Å². The summed E-state index contributed by atoms with van der Waals surface area (Å²) in [6.45, 7) is 0. The molecule has 4 N–H and O–H groups in total. The number of nitrogens with one attached hydrogen (secondary N) is 2. The Hall–Kier alpha value is -1.23. The van der Waals surface area contributed by atoms with Crippen LogP contribution in [0.1, 0.15) is 61.0 Å². The van der Waals surface area contributed by atoms with Gasteiger partial charge in [0, 0.05) is 12.1 Å². The summed E-state index contributed by atoms with van der Waals surface area (Å²) < 4.78 is 0. The number of hydrogen-bond acceptors (Lipinski definition) is 4. The van der Waals surface area contributed by atoms with Crippen molar-refractivity contribution in [3.05, 3.63) is 10.9 Å². The van der Waals surface area contributed by atoms with E-state index in [0.717, 1.165) is 17.8 Å². The summed E-state index contributed by atoms with van der Waals surface area (Å²) >= 11 is 1.49. The van der Waals surface area contributed by atoms with E-state index in [2.05, 4.69) is 10.6 Å². The van der Waals surface area contributed by atoms with Crippen molar-refractivity contribution in [1.82, 2.24) is 5.32 Å². The van der Waals surface area contributed by atoms with Crippen LogP contribution in [-0.2, 0) is 0 Å². The Morgan fingerprint density at radius 3 is 2.45 bits per heavy atom. The minimum Gasteiger partial charge on any atom is -0.397 e. The fourth-order valence-corrected chi connectivity index (χ4v) is 3.72. The van der Waals surface area contributed by atoms with Crippen molar-refractivity contribution in [2.75, 3.05) is 11.1 Å². The van der Waals surface area contributed by atoms with E-state index in [4.69, 9.17) is 5.73 Å². The standard InChI is InChI=1S/C15H23N3OS/c16-12-9-13(17-10-5-3-1-2-4-6-10)20-14(12)15(19)18-11-7-8-11/h9-11,17H,1-8,16H2,(H,18,19). The molecule has 0 radical (unpaired) electrons. The first-order valence-electron chi connectivity index (χ1n) is 7.69. The Bertz CT molecular complexity index is 473. The van der Waals surface area contributed by atoms with Crippen molar-refractivity contribution >= 4 is 27.9 Å². The number of carbonyl (C=O) groups is 1. The highest BCUT2D eigenvalue weighted by atomic mass is 32.1. The minimum absolute atomic E-state index is 0.0103. The molecule has 0 aliphatic heterocycles. The zero-order valence-corrected chi connectivity index (χ0v) is 12.6. The maximum atomic E-state index is 12.1. The fourth-order valence-electron chi connectivity index (χ4n) is 2.76. The average Bonchev–Trinajstić information content (AvgIpc) is 3.18. The van der Waals surface area contributed by atoms with Gasteiger partial charge < -0.3 is 16.4 Å². The van der Waals surface area contributed by atoms with Crippen molar-refractivity contribution in [3.8, 4) is 0 Å². The largest absolute Gasteiger partial charge is 0.397 e. The summed E-state index contributed by atoms with van der Waals surface area (Å²) in [4.78, 5) is 12.7. The highest BCUT2D eigenvalue weighted by molar-refractivity contribution is 7.18. The van der Waals surface area contributed by atoms with Crippen molar-refractivity contribution < 1.29 is 4.79 Å². The Balaban J connectivity index is 1.63. The highest BCUT2D eigenvalue weighted by Gasteiger charge is 2.26. The van der Waals surface area contributed by atoms with E-state index in [9.17, 15) is 4.79 Å². The molecule has 0 atom stereocenters. The van der Waals surface area contributed by atoms with Crippen LogP contribution in [0, 0.1) is 0 Å². The van der Waals surface area contributed by atoms with Gasteiger partial charge in [-0.2, -0.15) is 0 Å². The van der Waals surface area contributed by atoms with Crippen LogP contribution in [0.15, 0.2) is 6.07 Å². The number of anilines is 2. The first-order chi connectivity index (χ1) is 9.72. The predicted molar refractivity (Wildman–Crippen MR) is 84.3 cm³/mol. The van der Waals surface area contributed by atoms with Gasteiger partial charge in [0.25, 0.3) is 5.91 Å². The third-order valence-corrected chi connectivity index (χ3v) is 5.16. The normalized spacial score (nSPS) is 20.4. The third-order valence-electron chi connectivity index (χ3n) is 4.08. The molecule has 0 aromatic carbocycles. The highest BCUT2D eigenvalue weighted by Crippen LogP contribution is 2.32. The van der Waals surface area contributed by atoms with E-state index in [1.807, 2.05) is 6.07 Å². The zero-order valence-electron chi connectivity index (χ0n) is 11.8. The molecule has 0 saturated heterocycles. The molecule has 2 aliphatic rings. The number of rotatable bonds is 4. The Labute approximate surface area is 124 Å². The quantitative estimate of drug-likeness (QED) is 0.746. The number of nitrogen functional groups attached to an aromatic ring is 1. The molecule has 3 rings (SSSR count). The first kappa shape index (κ1) is 13.7. The summed E-state index contributed by atoms with van der Waals surface area (Å²) in [6.07, 6.45) is 9.94. The second-order valence-corrected chi connectivity index (χ2v) is 7.03. The molecule has 2 aliphatic carbocycles. The number of hydrogen-bond donors (Lipinski definition) is 3. The number of nitrogens with two attached hydrogens (primary N) is 1. The van der Waals surface area contributed by atoms with Crippen molar-refractivity contribution in [1.29, 1.82) is 0 Å². The first-order valence-corrected chi connectivity index (χ1v) is 8.51. The third kappa shape index (κ3) is 3.45. The molecule has 5 heteroatoms. The smallest absolute Gasteiger partial charge is 0.263 e. The molecule has 4 nitrogen and oxygen atoms in total. The SMILES string of the molecule is Nc1cc(NC2CCCCCC2)sc1C(=O)NC1CC1. The molecule has 1 heterocycles. The van der Waals surface area contributed by atoms with Gasteiger partial charge in [0.1, 0.15) is 4.88 Å². The minimum atomic E-state index is -0.0103. The second-order valence-electron chi connectivity index (χ2n) is 5.98.